The lowest BCUT2D eigenvalue weighted by molar-refractivity contribution is -0.117. The maximum atomic E-state index is 12.6. The highest BCUT2D eigenvalue weighted by atomic mass is 16.6. The first-order chi connectivity index (χ1) is 14.1. The largest absolute Gasteiger partial charge is 0.444 e. The van der Waals surface area contributed by atoms with Gasteiger partial charge in [-0.15, -0.1) is 0 Å². The number of anilines is 2. The van der Waals surface area contributed by atoms with Crippen LogP contribution < -0.4 is 15.5 Å². The number of rotatable bonds is 4. The zero-order chi connectivity index (χ0) is 22.1. The summed E-state index contributed by atoms with van der Waals surface area (Å²) in [4.78, 5) is 50.6. The van der Waals surface area contributed by atoms with E-state index in [1.54, 1.807) is 63.2 Å². The van der Waals surface area contributed by atoms with E-state index in [1.165, 1.54) is 13.0 Å². The molecule has 2 aromatic rings. The highest BCUT2D eigenvalue weighted by molar-refractivity contribution is 6.34. The van der Waals surface area contributed by atoms with Crippen molar-refractivity contribution in [2.75, 3.05) is 10.2 Å². The van der Waals surface area contributed by atoms with E-state index >= 15 is 0 Å². The zero-order valence-electron chi connectivity index (χ0n) is 17.2. The Balaban J connectivity index is 1.71. The van der Waals surface area contributed by atoms with E-state index in [2.05, 4.69) is 10.6 Å². The van der Waals surface area contributed by atoms with E-state index in [0.717, 1.165) is 4.90 Å². The molecule has 0 aromatic heterocycles. The number of fused-ring (bicyclic) bond motifs is 1. The second-order valence-electron chi connectivity index (χ2n) is 7.90. The minimum absolute atomic E-state index is 0.340. The van der Waals surface area contributed by atoms with Crippen molar-refractivity contribution in [3.63, 3.8) is 0 Å². The van der Waals surface area contributed by atoms with Crippen molar-refractivity contribution >= 4 is 35.2 Å². The van der Waals surface area contributed by atoms with Crippen molar-refractivity contribution in [1.82, 2.24) is 5.32 Å². The number of carbonyl (C=O) groups excluding carboxylic acids is 4. The van der Waals surface area contributed by atoms with E-state index in [9.17, 15) is 19.2 Å². The van der Waals surface area contributed by atoms with Crippen LogP contribution in [0.25, 0.3) is 0 Å². The van der Waals surface area contributed by atoms with Gasteiger partial charge in [-0.3, -0.25) is 14.4 Å². The lowest BCUT2D eigenvalue weighted by atomic mass is 10.1. The van der Waals surface area contributed by atoms with Gasteiger partial charge in [-0.1, -0.05) is 18.2 Å². The third kappa shape index (κ3) is 4.48. The number of amides is 4. The lowest BCUT2D eigenvalue weighted by Crippen LogP contribution is -2.44. The van der Waals surface area contributed by atoms with Crippen LogP contribution in [0.1, 0.15) is 48.4 Å². The topological polar surface area (TPSA) is 105 Å². The maximum absolute atomic E-state index is 12.6. The molecule has 156 valence electrons. The predicted molar refractivity (Wildman–Crippen MR) is 111 cm³/mol. The fraction of sp³-hybridized carbons (Fsp3) is 0.273. The molecule has 1 atom stereocenters. The van der Waals surface area contributed by atoms with Crippen LogP contribution >= 0.6 is 0 Å². The third-order valence-electron chi connectivity index (χ3n) is 4.29. The van der Waals surface area contributed by atoms with Crippen LogP contribution in [-0.4, -0.2) is 35.5 Å². The quantitative estimate of drug-likeness (QED) is 0.754. The van der Waals surface area contributed by atoms with Gasteiger partial charge in [0.25, 0.3) is 11.8 Å². The number of nitrogens with one attached hydrogen (secondary N) is 2. The molecule has 2 aromatic carbocycles. The molecular weight excluding hydrogens is 386 g/mol. The fourth-order valence-electron chi connectivity index (χ4n) is 2.95. The first-order valence-electron chi connectivity index (χ1n) is 9.45. The van der Waals surface area contributed by atoms with Gasteiger partial charge in [0.15, 0.2) is 0 Å². The minimum atomic E-state index is -0.859. The van der Waals surface area contributed by atoms with Crippen LogP contribution in [0.15, 0.2) is 48.5 Å². The average Bonchev–Trinajstić information content (AvgIpc) is 2.91. The Morgan fingerprint density at radius 2 is 1.57 bits per heavy atom. The van der Waals surface area contributed by atoms with Gasteiger partial charge in [0, 0.05) is 5.69 Å². The van der Waals surface area contributed by atoms with Crippen LogP contribution in [0.2, 0.25) is 0 Å². The molecule has 2 N–H and O–H groups in total. The summed E-state index contributed by atoms with van der Waals surface area (Å²) in [5.74, 6) is -1.31. The molecule has 0 saturated carbocycles. The molecular formula is C22H23N3O5. The first-order valence-corrected chi connectivity index (χ1v) is 9.45. The van der Waals surface area contributed by atoms with Gasteiger partial charge in [-0.05, 0) is 58.0 Å². The molecule has 1 aliphatic heterocycles. The number of hydrogen-bond donors (Lipinski definition) is 2. The number of alkyl carbamates (subject to hydrolysis) is 1. The molecule has 3 rings (SSSR count). The number of nitrogens with zero attached hydrogens (tertiary/aromatic N) is 1. The van der Waals surface area contributed by atoms with Crippen molar-refractivity contribution in [1.29, 1.82) is 0 Å². The van der Waals surface area contributed by atoms with Gasteiger partial charge in [0.2, 0.25) is 5.91 Å². The van der Waals surface area contributed by atoms with Crippen LogP contribution in [0.5, 0.6) is 0 Å². The Kier molecular flexibility index (Phi) is 5.60. The van der Waals surface area contributed by atoms with Crippen molar-refractivity contribution in [3.05, 3.63) is 59.7 Å². The highest BCUT2D eigenvalue weighted by Crippen LogP contribution is 2.29. The second-order valence-corrected chi connectivity index (χ2v) is 7.90. The predicted octanol–water partition coefficient (Wildman–Crippen LogP) is 3.34. The Bertz CT molecular complexity index is 990. The molecule has 0 radical (unpaired) electrons. The smallest absolute Gasteiger partial charge is 0.408 e. The number of hydrogen-bond acceptors (Lipinski definition) is 5. The number of benzene rings is 2. The van der Waals surface area contributed by atoms with Gasteiger partial charge < -0.3 is 15.4 Å². The molecule has 30 heavy (non-hydrogen) atoms. The van der Waals surface area contributed by atoms with Gasteiger partial charge >= 0.3 is 6.09 Å². The summed E-state index contributed by atoms with van der Waals surface area (Å²) >= 11 is 0. The van der Waals surface area contributed by atoms with Crippen molar-refractivity contribution in [3.8, 4) is 0 Å². The van der Waals surface area contributed by atoms with Crippen LogP contribution in [0.3, 0.4) is 0 Å². The summed E-state index contributed by atoms with van der Waals surface area (Å²) in [6.07, 6.45) is -0.704. The SMILES string of the molecule is CC(NC(=O)OC(C)(C)C)C(=O)Nc1cccc(N2C(=O)c3ccccc3C2=O)c1. The molecule has 0 fully saturated rings. The summed E-state index contributed by atoms with van der Waals surface area (Å²) < 4.78 is 5.14. The molecule has 4 amide bonds. The minimum Gasteiger partial charge on any atom is -0.444 e. The molecule has 8 heteroatoms. The third-order valence-corrected chi connectivity index (χ3v) is 4.29. The van der Waals surface area contributed by atoms with Gasteiger partial charge in [-0.2, -0.15) is 0 Å². The number of carbonyl (C=O) groups is 4. The van der Waals surface area contributed by atoms with E-state index < -0.39 is 35.5 Å². The Morgan fingerprint density at radius 3 is 2.13 bits per heavy atom. The summed E-state index contributed by atoms with van der Waals surface area (Å²) in [6.45, 7) is 6.69. The fourth-order valence-corrected chi connectivity index (χ4v) is 2.95. The summed E-state index contributed by atoms with van der Waals surface area (Å²) in [5, 5.41) is 5.13. The van der Waals surface area contributed by atoms with Gasteiger partial charge in [-0.25, -0.2) is 9.69 Å². The van der Waals surface area contributed by atoms with Gasteiger partial charge in [0.05, 0.1) is 16.8 Å². The van der Waals surface area contributed by atoms with Crippen LogP contribution in [0.4, 0.5) is 16.2 Å². The molecule has 1 unspecified atom stereocenters. The summed E-state index contributed by atoms with van der Waals surface area (Å²) in [6, 6.07) is 12.1. The summed E-state index contributed by atoms with van der Waals surface area (Å²) in [5.41, 5.74) is 0.721. The normalized spacial score (nSPS) is 14.2. The van der Waals surface area contributed by atoms with Crippen LogP contribution in [0, 0.1) is 0 Å². The first kappa shape index (κ1) is 21.0. The van der Waals surface area contributed by atoms with E-state index in [-0.39, 0.29) is 0 Å². The summed E-state index contributed by atoms with van der Waals surface area (Å²) in [7, 11) is 0. The zero-order valence-corrected chi connectivity index (χ0v) is 17.2. The lowest BCUT2D eigenvalue weighted by Gasteiger charge is -2.22. The molecule has 8 nitrogen and oxygen atoms in total. The van der Waals surface area contributed by atoms with E-state index in [1.807, 2.05) is 0 Å². The van der Waals surface area contributed by atoms with Gasteiger partial charge in [0.1, 0.15) is 11.6 Å². The molecule has 0 bridgehead atoms. The molecule has 1 aliphatic rings. The highest BCUT2D eigenvalue weighted by Gasteiger charge is 2.36. The Hall–Kier alpha value is -3.68. The maximum Gasteiger partial charge on any atom is 0.408 e. The standard InChI is InChI=1S/C22H23N3O5/c1-13(23-21(29)30-22(2,3)4)18(26)24-14-8-7-9-15(12-14)25-19(27)16-10-5-6-11-17(16)20(25)28/h5-13H,1-4H3,(H,23,29)(H,24,26). The molecule has 0 saturated heterocycles. The van der Waals surface area contributed by atoms with E-state index in [4.69, 9.17) is 4.74 Å². The molecule has 1 heterocycles. The van der Waals surface area contributed by atoms with Crippen molar-refractivity contribution < 1.29 is 23.9 Å². The molecule has 0 aliphatic carbocycles. The van der Waals surface area contributed by atoms with Crippen molar-refractivity contribution in [2.24, 2.45) is 0 Å². The van der Waals surface area contributed by atoms with E-state index in [0.29, 0.717) is 22.5 Å². The number of ether oxygens (including phenoxy) is 1. The Labute approximate surface area is 174 Å². The monoisotopic (exact) mass is 409 g/mol. The molecule has 0 spiro atoms. The van der Waals surface area contributed by atoms with Crippen molar-refractivity contribution in [2.45, 2.75) is 39.3 Å². The Morgan fingerprint density at radius 1 is 0.967 bits per heavy atom. The number of imide groups is 1. The van der Waals surface area contributed by atoms with Crippen LogP contribution in [-0.2, 0) is 9.53 Å². The second kappa shape index (κ2) is 7.98. The average molecular weight is 409 g/mol.